The molecule has 4 rings (SSSR count). The molecule has 4 heteroatoms. The molecule has 134 valence electrons. The fourth-order valence-corrected chi connectivity index (χ4v) is 9.47. The van der Waals surface area contributed by atoms with Gasteiger partial charge in [-0.3, -0.25) is 0 Å². The van der Waals surface area contributed by atoms with Gasteiger partial charge in [-0.05, 0) is 28.5 Å². The average Bonchev–Trinajstić information content (AvgIpc) is 3.17. The van der Waals surface area contributed by atoms with Crippen molar-refractivity contribution in [3.8, 4) is 5.69 Å². The van der Waals surface area contributed by atoms with E-state index in [2.05, 4.69) is 81.1 Å². The standard InChI is InChI=1S/C21H28NO2P/c1-19(2)15-21(23-13-14-24-21)16-20(3,4)25(19)18-10-6-5-9-17(18)22-11-7-8-12-22/h5-12H,13-16H2,1-4H3. The molecule has 0 radical (unpaired) electrons. The summed E-state index contributed by atoms with van der Waals surface area (Å²) in [5, 5.41) is 1.77. The van der Waals surface area contributed by atoms with E-state index in [0.29, 0.717) is 0 Å². The first kappa shape index (κ1) is 17.3. The van der Waals surface area contributed by atoms with Gasteiger partial charge in [-0.15, -0.1) is 0 Å². The number of ether oxygens (including phenoxy) is 2. The van der Waals surface area contributed by atoms with Crippen LogP contribution in [0.4, 0.5) is 0 Å². The predicted octanol–water partition coefficient (Wildman–Crippen LogP) is 4.68. The highest BCUT2D eigenvalue weighted by atomic mass is 31.1. The van der Waals surface area contributed by atoms with Gasteiger partial charge in [-0.2, -0.15) is 0 Å². The largest absolute Gasteiger partial charge is 0.347 e. The van der Waals surface area contributed by atoms with Crippen molar-refractivity contribution in [3.05, 3.63) is 48.8 Å². The number of para-hydroxylation sites is 1. The van der Waals surface area contributed by atoms with Crippen LogP contribution >= 0.6 is 7.92 Å². The first-order chi connectivity index (χ1) is 11.8. The van der Waals surface area contributed by atoms with Gasteiger partial charge in [0, 0.05) is 30.5 Å². The highest BCUT2D eigenvalue weighted by Crippen LogP contribution is 2.68. The maximum atomic E-state index is 6.12. The quantitative estimate of drug-likeness (QED) is 0.729. The lowest BCUT2D eigenvalue weighted by atomic mass is 9.91. The van der Waals surface area contributed by atoms with E-state index in [1.807, 2.05) is 0 Å². The number of aromatic nitrogens is 1. The molecule has 2 aliphatic rings. The van der Waals surface area contributed by atoms with E-state index in [1.54, 1.807) is 0 Å². The zero-order chi connectivity index (χ0) is 17.7. The molecule has 0 atom stereocenters. The summed E-state index contributed by atoms with van der Waals surface area (Å²) in [4.78, 5) is 0. The van der Waals surface area contributed by atoms with Gasteiger partial charge in [0.1, 0.15) is 0 Å². The van der Waals surface area contributed by atoms with Crippen LogP contribution in [0.1, 0.15) is 40.5 Å². The Morgan fingerprint density at radius 1 is 0.840 bits per heavy atom. The molecule has 0 unspecified atom stereocenters. The molecule has 1 spiro atoms. The summed E-state index contributed by atoms with van der Waals surface area (Å²) in [6.07, 6.45) is 6.22. The summed E-state index contributed by atoms with van der Waals surface area (Å²) < 4.78 is 14.5. The van der Waals surface area contributed by atoms with Crippen LogP contribution in [0.2, 0.25) is 0 Å². The molecule has 3 nitrogen and oxygen atoms in total. The molecule has 2 saturated heterocycles. The maximum Gasteiger partial charge on any atom is 0.170 e. The van der Waals surface area contributed by atoms with Gasteiger partial charge < -0.3 is 14.0 Å². The zero-order valence-electron chi connectivity index (χ0n) is 15.7. The fraction of sp³-hybridized carbons (Fsp3) is 0.524. The van der Waals surface area contributed by atoms with Crippen LogP contribution < -0.4 is 5.30 Å². The first-order valence-corrected chi connectivity index (χ1v) is 10.5. The van der Waals surface area contributed by atoms with Crippen LogP contribution in [0.3, 0.4) is 0 Å². The van der Waals surface area contributed by atoms with Crippen molar-refractivity contribution >= 4 is 13.2 Å². The molecule has 2 aliphatic heterocycles. The zero-order valence-corrected chi connectivity index (χ0v) is 16.6. The number of hydrogen-bond donors (Lipinski definition) is 0. The number of nitrogens with zero attached hydrogens (tertiary/aromatic N) is 1. The molecule has 0 saturated carbocycles. The highest BCUT2D eigenvalue weighted by Gasteiger charge is 2.57. The molecule has 0 N–H and O–H groups in total. The maximum absolute atomic E-state index is 6.12. The Kier molecular flexibility index (Phi) is 4.11. The van der Waals surface area contributed by atoms with Gasteiger partial charge in [0.15, 0.2) is 5.79 Å². The smallest absolute Gasteiger partial charge is 0.170 e. The van der Waals surface area contributed by atoms with Crippen LogP contribution in [0, 0.1) is 0 Å². The van der Waals surface area contributed by atoms with Crippen molar-refractivity contribution in [3.63, 3.8) is 0 Å². The summed E-state index contributed by atoms with van der Waals surface area (Å²) in [5.74, 6) is -0.381. The predicted molar refractivity (Wildman–Crippen MR) is 104 cm³/mol. The van der Waals surface area contributed by atoms with Crippen molar-refractivity contribution in [2.75, 3.05) is 13.2 Å². The first-order valence-electron chi connectivity index (χ1n) is 9.14. The lowest BCUT2D eigenvalue weighted by Crippen LogP contribution is -2.52. The Hall–Kier alpha value is -1.15. The topological polar surface area (TPSA) is 23.4 Å². The van der Waals surface area contributed by atoms with Gasteiger partial charge in [0.05, 0.1) is 18.9 Å². The van der Waals surface area contributed by atoms with E-state index in [0.717, 1.165) is 26.1 Å². The van der Waals surface area contributed by atoms with E-state index < -0.39 is 7.92 Å². The van der Waals surface area contributed by atoms with Crippen molar-refractivity contribution in [2.24, 2.45) is 0 Å². The minimum atomic E-state index is -0.402. The van der Waals surface area contributed by atoms with Gasteiger partial charge in [0.25, 0.3) is 0 Å². The third-order valence-electron chi connectivity index (χ3n) is 5.43. The van der Waals surface area contributed by atoms with E-state index in [9.17, 15) is 0 Å². The van der Waals surface area contributed by atoms with Gasteiger partial charge in [-0.25, -0.2) is 0 Å². The normalized spacial score (nSPS) is 24.6. The van der Waals surface area contributed by atoms with E-state index in [1.165, 1.54) is 11.0 Å². The molecule has 0 bridgehead atoms. The van der Waals surface area contributed by atoms with Crippen molar-refractivity contribution in [1.29, 1.82) is 0 Å². The second-order valence-corrected chi connectivity index (χ2v) is 12.1. The van der Waals surface area contributed by atoms with Gasteiger partial charge in [0.2, 0.25) is 0 Å². The SMILES string of the molecule is CC1(C)CC2(CC(C)(C)P1c1ccccc1-n1cccc1)OCCO2. The third-order valence-corrected chi connectivity index (χ3v) is 9.03. The van der Waals surface area contributed by atoms with Gasteiger partial charge in [-0.1, -0.05) is 53.8 Å². The Morgan fingerprint density at radius 3 is 2.00 bits per heavy atom. The Balaban J connectivity index is 1.80. The molecule has 3 heterocycles. The molecule has 0 aliphatic carbocycles. The lowest BCUT2D eigenvalue weighted by molar-refractivity contribution is -0.178. The number of benzene rings is 1. The summed E-state index contributed by atoms with van der Waals surface area (Å²) in [6.45, 7) is 11.1. The summed E-state index contributed by atoms with van der Waals surface area (Å²) >= 11 is 0. The van der Waals surface area contributed by atoms with E-state index in [-0.39, 0.29) is 16.1 Å². The van der Waals surface area contributed by atoms with Crippen LogP contribution in [0.15, 0.2) is 48.8 Å². The van der Waals surface area contributed by atoms with Crippen LogP contribution in [-0.2, 0) is 9.47 Å². The molecule has 1 aromatic carbocycles. The van der Waals surface area contributed by atoms with Crippen molar-refractivity contribution in [2.45, 2.75) is 56.6 Å². The Labute approximate surface area is 152 Å². The molecule has 2 aromatic rings. The molecule has 2 fully saturated rings. The fourth-order valence-electron chi connectivity index (χ4n) is 5.08. The van der Waals surface area contributed by atoms with Gasteiger partial charge >= 0.3 is 0 Å². The molecule has 1 aromatic heterocycles. The van der Waals surface area contributed by atoms with Crippen molar-refractivity contribution in [1.82, 2.24) is 4.57 Å². The Morgan fingerprint density at radius 2 is 1.40 bits per heavy atom. The van der Waals surface area contributed by atoms with E-state index >= 15 is 0 Å². The number of rotatable bonds is 2. The summed E-state index contributed by atoms with van der Waals surface area (Å²) in [6, 6.07) is 13.1. The van der Waals surface area contributed by atoms with Crippen LogP contribution in [-0.4, -0.2) is 33.9 Å². The Bertz CT molecular complexity index is 725. The second-order valence-electron chi connectivity index (χ2n) is 8.50. The third kappa shape index (κ3) is 2.97. The molecule has 25 heavy (non-hydrogen) atoms. The number of hydrogen-bond acceptors (Lipinski definition) is 2. The highest BCUT2D eigenvalue weighted by molar-refractivity contribution is 7.69. The van der Waals surface area contributed by atoms with Crippen LogP contribution in [0.25, 0.3) is 5.69 Å². The average molecular weight is 357 g/mol. The second kappa shape index (κ2) is 5.94. The summed E-state index contributed by atoms with van der Waals surface area (Å²) in [5.41, 5.74) is 1.31. The molecule has 0 amide bonds. The van der Waals surface area contributed by atoms with E-state index in [4.69, 9.17) is 9.47 Å². The van der Waals surface area contributed by atoms with Crippen LogP contribution in [0.5, 0.6) is 0 Å². The monoisotopic (exact) mass is 357 g/mol. The lowest BCUT2D eigenvalue weighted by Gasteiger charge is -2.55. The minimum absolute atomic E-state index is 0.144. The molecular formula is C21H28NO2P. The summed E-state index contributed by atoms with van der Waals surface area (Å²) in [7, 11) is -0.402. The molecular weight excluding hydrogens is 329 g/mol. The van der Waals surface area contributed by atoms with Crippen molar-refractivity contribution < 1.29 is 9.47 Å². The minimum Gasteiger partial charge on any atom is -0.347 e.